The van der Waals surface area contributed by atoms with E-state index in [0.29, 0.717) is 12.0 Å². The summed E-state index contributed by atoms with van der Waals surface area (Å²) in [5, 5.41) is 3.40. The van der Waals surface area contributed by atoms with E-state index in [1.165, 1.54) is 12.1 Å². The largest absolute Gasteiger partial charge is 0.315 e. The molecule has 2 heteroatoms. The van der Waals surface area contributed by atoms with Crippen molar-refractivity contribution < 1.29 is 0 Å². The zero-order valence-electron chi connectivity index (χ0n) is 9.30. The molecule has 0 aromatic rings. The average Bonchev–Trinajstić information content (AvgIpc) is 2.08. The van der Waals surface area contributed by atoms with Gasteiger partial charge in [-0.15, -0.1) is 0 Å². The fourth-order valence-electron chi connectivity index (χ4n) is 1.56. The average molecular weight is 182 g/mol. The van der Waals surface area contributed by atoms with E-state index in [9.17, 15) is 0 Å². The first-order chi connectivity index (χ1) is 6.11. The molecule has 1 fully saturated rings. The molecular weight excluding hydrogens is 160 g/mol. The van der Waals surface area contributed by atoms with Crippen LogP contribution < -0.4 is 5.32 Å². The smallest absolute Gasteiger partial charge is 0.0649 e. The Labute approximate surface area is 81.8 Å². The topological polar surface area (TPSA) is 24.4 Å². The van der Waals surface area contributed by atoms with E-state index in [0.717, 1.165) is 19.0 Å². The van der Waals surface area contributed by atoms with Crippen LogP contribution in [0.15, 0.2) is 4.99 Å². The van der Waals surface area contributed by atoms with Crippen molar-refractivity contribution in [2.24, 2.45) is 16.8 Å². The maximum Gasteiger partial charge on any atom is 0.0649 e. The Kier molecular flexibility index (Phi) is 3.91. The van der Waals surface area contributed by atoms with Crippen molar-refractivity contribution in [3.63, 3.8) is 0 Å². The lowest BCUT2D eigenvalue weighted by atomic mass is 9.95. The standard InChI is InChI=1S/C11H22N2/c1-8(2)10(4)13-11-7-12-6-5-9(11)3/h8-9,11-12H,5-7H2,1-4H3. The molecule has 1 rings (SSSR count). The van der Waals surface area contributed by atoms with Gasteiger partial charge >= 0.3 is 0 Å². The highest BCUT2D eigenvalue weighted by atomic mass is 15.0. The number of rotatable bonds is 2. The molecule has 0 aliphatic carbocycles. The number of hydrogen-bond acceptors (Lipinski definition) is 2. The second-order valence-corrected chi connectivity index (χ2v) is 4.46. The number of piperidine rings is 1. The Hall–Kier alpha value is -0.370. The molecule has 0 bridgehead atoms. The van der Waals surface area contributed by atoms with Crippen LogP contribution in [-0.2, 0) is 0 Å². The molecule has 2 nitrogen and oxygen atoms in total. The lowest BCUT2D eigenvalue weighted by Crippen LogP contribution is -2.38. The maximum absolute atomic E-state index is 4.77. The van der Waals surface area contributed by atoms with Crippen LogP contribution in [0.25, 0.3) is 0 Å². The summed E-state index contributed by atoms with van der Waals surface area (Å²) >= 11 is 0. The maximum atomic E-state index is 4.77. The van der Waals surface area contributed by atoms with Crippen LogP contribution in [0.1, 0.15) is 34.1 Å². The van der Waals surface area contributed by atoms with E-state index in [2.05, 4.69) is 33.0 Å². The highest BCUT2D eigenvalue weighted by Gasteiger charge is 2.20. The van der Waals surface area contributed by atoms with Gasteiger partial charge in [0.05, 0.1) is 6.04 Å². The summed E-state index contributed by atoms with van der Waals surface area (Å²) in [4.78, 5) is 4.77. The van der Waals surface area contributed by atoms with Crippen molar-refractivity contribution in [1.29, 1.82) is 0 Å². The Morgan fingerprint density at radius 2 is 2.15 bits per heavy atom. The molecule has 0 amide bonds. The van der Waals surface area contributed by atoms with Crippen LogP contribution in [0.4, 0.5) is 0 Å². The summed E-state index contributed by atoms with van der Waals surface area (Å²) in [6.45, 7) is 11.1. The van der Waals surface area contributed by atoms with Crippen LogP contribution in [0, 0.1) is 11.8 Å². The van der Waals surface area contributed by atoms with E-state index in [1.807, 2.05) is 0 Å². The fraction of sp³-hybridized carbons (Fsp3) is 0.909. The highest BCUT2D eigenvalue weighted by molar-refractivity contribution is 5.83. The molecule has 13 heavy (non-hydrogen) atoms. The number of nitrogens with zero attached hydrogens (tertiary/aromatic N) is 1. The second kappa shape index (κ2) is 4.75. The van der Waals surface area contributed by atoms with E-state index in [4.69, 9.17) is 4.99 Å². The Morgan fingerprint density at radius 1 is 1.46 bits per heavy atom. The third-order valence-electron chi connectivity index (χ3n) is 2.99. The first-order valence-corrected chi connectivity index (χ1v) is 5.36. The molecule has 1 heterocycles. The van der Waals surface area contributed by atoms with Crippen LogP contribution in [0.5, 0.6) is 0 Å². The summed E-state index contributed by atoms with van der Waals surface area (Å²) < 4.78 is 0. The molecule has 1 aliphatic rings. The van der Waals surface area contributed by atoms with Crippen LogP contribution >= 0.6 is 0 Å². The number of aliphatic imine (C=N–C) groups is 1. The fourth-order valence-corrected chi connectivity index (χ4v) is 1.56. The van der Waals surface area contributed by atoms with Crippen LogP contribution in [0.2, 0.25) is 0 Å². The molecule has 1 aliphatic heterocycles. The van der Waals surface area contributed by atoms with Crippen molar-refractivity contribution in [3.05, 3.63) is 0 Å². The lowest BCUT2D eigenvalue weighted by Gasteiger charge is -2.27. The minimum Gasteiger partial charge on any atom is -0.315 e. The van der Waals surface area contributed by atoms with Crippen molar-refractivity contribution in [1.82, 2.24) is 5.32 Å². The minimum atomic E-state index is 0.510. The van der Waals surface area contributed by atoms with Gasteiger partial charge in [0, 0.05) is 12.3 Å². The predicted octanol–water partition coefficient (Wildman–Crippen LogP) is 2.10. The highest BCUT2D eigenvalue weighted by Crippen LogP contribution is 2.15. The van der Waals surface area contributed by atoms with E-state index in [1.54, 1.807) is 0 Å². The van der Waals surface area contributed by atoms with Crippen molar-refractivity contribution in [2.75, 3.05) is 13.1 Å². The lowest BCUT2D eigenvalue weighted by molar-refractivity contribution is 0.349. The van der Waals surface area contributed by atoms with Gasteiger partial charge in [-0.1, -0.05) is 20.8 Å². The first-order valence-electron chi connectivity index (χ1n) is 5.36. The molecule has 0 spiro atoms. The second-order valence-electron chi connectivity index (χ2n) is 4.46. The molecule has 0 saturated carbocycles. The first kappa shape index (κ1) is 10.7. The van der Waals surface area contributed by atoms with Gasteiger partial charge in [0.15, 0.2) is 0 Å². The van der Waals surface area contributed by atoms with Gasteiger partial charge < -0.3 is 5.32 Å². The van der Waals surface area contributed by atoms with Gasteiger partial charge in [0.1, 0.15) is 0 Å². The molecule has 0 radical (unpaired) electrons. The molecule has 1 saturated heterocycles. The van der Waals surface area contributed by atoms with Crippen LogP contribution in [0.3, 0.4) is 0 Å². The summed E-state index contributed by atoms with van der Waals surface area (Å²) in [5.74, 6) is 1.34. The van der Waals surface area contributed by atoms with Crippen molar-refractivity contribution in [3.8, 4) is 0 Å². The Balaban J connectivity index is 2.55. The van der Waals surface area contributed by atoms with Gasteiger partial charge in [-0.2, -0.15) is 0 Å². The van der Waals surface area contributed by atoms with Gasteiger partial charge in [-0.25, -0.2) is 0 Å². The zero-order valence-corrected chi connectivity index (χ0v) is 9.30. The van der Waals surface area contributed by atoms with E-state index in [-0.39, 0.29) is 0 Å². The Morgan fingerprint density at radius 3 is 2.69 bits per heavy atom. The Bertz CT molecular complexity index is 185. The van der Waals surface area contributed by atoms with Gasteiger partial charge in [0.25, 0.3) is 0 Å². The normalized spacial score (nSPS) is 31.0. The number of nitrogens with one attached hydrogen (secondary N) is 1. The molecule has 0 aromatic heterocycles. The van der Waals surface area contributed by atoms with Gasteiger partial charge in [-0.05, 0) is 31.7 Å². The molecule has 76 valence electrons. The van der Waals surface area contributed by atoms with Crippen LogP contribution in [-0.4, -0.2) is 24.8 Å². The zero-order chi connectivity index (χ0) is 9.84. The van der Waals surface area contributed by atoms with E-state index >= 15 is 0 Å². The quantitative estimate of drug-likeness (QED) is 0.650. The molecule has 1 N–H and O–H groups in total. The third kappa shape index (κ3) is 3.11. The number of hydrogen-bond donors (Lipinski definition) is 1. The summed E-state index contributed by atoms with van der Waals surface area (Å²) in [6, 6.07) is 0.510. The van der Waals surface area contributed by atoms with Crippen molar-refractivity contribution >= 4 is 5.71 Å². The summed E-state index contributed by atoms with van der Waals surface area (Å²) in [5.41, 5.74) is 1.29. The molecule has 0 aromatic carbocycles. The predicted molar refractivity (Wildman–Crippen MR) is 58.4 cm³/mol. The molecule has 2 atom stereocenters. The monoisotopic (exact) mass is 182 g/mol. The summed E-state index contributed by atoms with van der Waals surface area (Å²) in [7, 11) is 0. The molecular formula is C11H22N2. The molecule has 2 unspecified atom stereocenters. The third-order valence-corrected chi connectivity index (χ3v) is 2.99. The van der Waals surface area contributed by atoms with Gasteiger partial charge in [-0.3, -0.25) is 4.99 Å². The SMILES string of the molecule is CC(=NC1CNCCC1C)C(C)C. The minimum absolute atomic E-state index is 0.510. The van der Waals surface area contributed by atoms with E-state index < -0.39 is 0 Å². The summed E-state index contributed by atoms with van der Waals surface area (Å²) in [6.07, 6.45) is 1.26. The van der Waals surface area contributed by atoms with Crippen molar-refractivity contribution in [2.45, 2.75) is 40.2 Å². The van der Waals surface area contributed by atoms with Gasteiger partial charge in [0.2, 0.25) is 0 Å².